The molecule has 16 heavy (non-hydrogen) atoms. The number of hydrogen-bond donors (Lipinski definition) is 1. The molecular formula is C14H31NS. The quantitative estimate of drug-likeness (QED) is 0.394. The Balaban J connectivity index is 3.54. The first-order chi connectivity index (χ1) is 7.85. The van der Waals surface area contributed by atoms with E-state index in [1.165, 1.54) is 71.0 Å². The van der Waals surface area contributed by atoms with Gasteiger partial charge in [-0.05, 0) is 44.6 Å². The van der Waals surface area contributed by atoms with Crippen LogP contribution in [-0.2, 0) is 0 Å². The van der Waals surface area contributed by atoms with Crippen LogP contribution in [0.3, 0.4) is 0 Å². The van der Waals surface area contributed by atoms with E-state index in [9.17, 15) is 0 Å². The lowest BCUT2D eigenvalue weighted by molar-refractivity contribution is 0.262. The number of unbranched alkanes of at least 4 members (excludes halogenated alkanes) is 5. The van der Waals surface area contributed by atoms with E-state index in [0.29, 0.717) is 0 Å². The molecule has 0 unspecified atom stereocenters. The van der Waals surface area contributed by atoms with Gasteiger partial charge >= 0.3 is 0 Å². The number of rotatable bonds is 12. The van der Waals surface area contributed by atoms with Crippen molar-refractivity contribution >= 4 is 12.6 Å². The zero-order valence-electron chi connectivity index (χ0n) is 11.4. The van der Waals surface area contributed by atoms with Crippen LogP contribution in [0.5, 0.6) is 0 Å². The Morgan fingerprint density at radius 2 is 1.19 bits per heavy atom. The Labute approximate surface area is 108 Å². The summed E-state index contributed by atoms with van der Waals surface area (Å²) in [5.41, 5.74) is 0. The first-order valence-corrected chi connectivity index (χ1v) is 7.81. The largest absolute Gasteiger partial charge is 0.303 e. The maximum absolute atomic E-state index is 4.30. The zero-order valence-corrected chi connectivity index (χ0v) is 12.3. The normalized spacial score (nSPS) is 11.2. The Kier molecular flexibility index (Phi) is 13.6. The fraction of sp³-hybridized carbons (Fsp3) is 1.00. The highest BCUT2D eigenvalue weighted by atomic mass is 32.1. The Bertz CT molecular complexity index is 128. The maximum atomic E-state index is 4.30. The molecule has 1 nitrogen and oxygen atoms in total. The molecule has 0 fully saturated rings. The predicted octanol–water partition coefficient (Wildman–Crippen LogP) is 4.38. The van der Waals surface area contributed by atoms with Crippen molar-refractivity contribution in [2.45, 2.75) is 65.2 Å². The fourth-order valence-corrected chi connectivity index (χ4v) is 2.12. The van der Waals surface area contributed by atoms with Crippen LogP contribution in [0.2, 0.25) is 0 Å². The van der Waals surface area contributed by atoms with Crippen LogP contribution >= 0.6 is 12.6 Å². The second-order valence-corrected chi connectivity index (χ2v) is 5.13. The highest BCUT2D eigenvalue weighted by Crippen LogP contribution is 2.05. The van der Waals surface area contributed by atoms with E-state index in [0.717, 1.165) is 5.75 Å². The van der Waals surface area contributed by atoms with Crippen LogP contribution in [0.25, 0.3) is 0 Å². The lowest BCUT2D eigenvalue weighted by atomic mass is 10.2. The predicted molar refractivity (Wildman–Crippen MR) is 78.6 cm³/mol. The SMILES string of the molecule is CCCCCCN(CCCS)CCCCC. The molecule has 0 aliphatic carbocycles. The first-order valence-electron chi connectivity index (χ1n) is 7.18. The summed E-state index contributed by atoms with van der Waals surface area (Å²) in [6.07, 6.45) is 10.8. The molecule has 0 N–H and O–H groups in total. The Morgan fingerprint density at radius 1 is 0.688 bits per heavy atom. The highest BCUT2D eigenvalue weighted by molar-refractivity contribution is 7.80. The molecule has 0 atom stereocenters. The van der Waals surface area contributed by atoms with Gasteiger partial charge < -0.3 is 4.90 Å². The molecule has 0 rings (SSSR count). The van der Waals surface area contributed by atoms with Crippen molar-refractivity contribution in [2.24, 2.45) is 0 Å². The minimum absolute atomic E-state index is 1.03. The molecule has 0 amide bonds. The van der Waals surface area contributed by atoms with Gasteiger partial charge in [-0.3, -0.25) is 0 Å². The molecular weight excluding hydrogens is 214 g/mol. The third-order valence-electron chi connectivity index (χ3n) is 3.04. The van der Waals surface area contributed by atoms with Crippen LogP contribution in [0.4, 0.5) is 0 Å². The molecule has 0 heterocycles. The Hall–Kier alpha value is 0.310. The average molecular weight is 245 g/mol. The first kappa shape index (κ1) is 16.3. The standard InChI is InChI=1S/C14H31NS/c1-3-5-7-9-12-15(13-10-14-16)11-8-6-4-2/h16H,3-14H2,1-2H3. The third kappa shape index (κ3) is 10.8. The van der Waals surface area contributed by atoms with Crippen LogP contribution in [0.15, 0.2) is 0 Å². The number of nitrogens with zero attached hydrogens (tertiary/aromatic N) is 1. The van der Waals surface area contributed by atoms with Gasteiger partial charge in [0.05, 0.1) is 0 Å². The van der Waals surface area contributed by atoms with Crippen LogP contribution in [0.1, 0.15) is 65.2 Å². The van der Waals surface area contributed by atoms with Gasteiger partial charge in [-0.25, -0.2) is 0 Å². The fourth-order valence-electron chi connectivity index (χ4n) is 1.98. The van der Waals surface area contributed by atoms with Crippen molar-refractivity contribution in [1.29, 1.82) is 0 Å². The molecule has 0 saturated carbocycles. The molecule has 98 valence electrons. The summed E-state index contributed by atoms with van der Waals surface area (Å²) in [6, 6.07) is 0. The molecule has 0 spiro atoms. The van der Waals surface area contributed by atoms with Crippen molar-refractivity contribution in [3.05, 3.63) is 0 Å². The summed E-state index contributed by atoms with van der Waals surface area (Å²) >= 11 is 4.30. The van der Waals surface area contributed by atoms with Gasteiger partial charge in [0.15, 0.2) is 0 Å². The lowest BCUT2D eigenvalue weighted by Crippen LogP contribution is -2.27. The summed E-state index contributed by atoms with van der Waals surface area (Å²) in [7, 11) is 0. The summed E-state index contributed by atoms with van der Waals surface area (Å²) in [5, 5.41) is 0. The molecule has 0 bridgehead atoms. The average Bonchev–Trinajstić information content (AvgIpc) is 2.31. The molecule has 0 saturated heterocycles. The van der Waals surface area contributed by atoms with Crippen LogP contribution in [-0.4, -0.2) is 30.3 Å². The highest BCUT2D eigenvalue weighted by Gasteiger charge is 2.03. The van der Waals surface area contributed by atoms with Gasteiger partial charge in [0.2, 0.25) is 0 Å². The van der Waals surface area contributed by atoms with Gasteiger partial charge in [-0.2, -0.15) is 12.6 Å². The maximum Gasteiger partial charge on any atom is -0.00110 e. The van der Waals surface area contributed by atoms with Gasteiger partial charge in [0, 0.05) is 0 Å². The topological polar surface area (TPSA) is 3.24 Å². The Morgan fingerprint density at radius 3 is 1.75 bits per heavy atom. The molecule has 0 aliphatic rings. The van der Waals surface area contributed by atoms with Gasteiger partial charge in [0.25, 0.3) is 0 Å². The molecule has 0 aromatic heterocycles. The van der Waals surface area contributed by atoms with Gasteiger partial charge in [-0.15, -0.1) is 0 Å². The van der Waals surface area contributed by atoms with Crippen LogP contribution in [0, 0.1) is 0 Å². The van der Waals surface area contributed by atoms with Gasteiger partial charge in [-0.1, -0.05) is 46.0 Å². The van der Waals surface area contributed by atoms with Crippen molar-refractivity contribution in [1.82, 2.24) is 4.90 Å². The molecule has 0 aliphatic heterocycles. The van der Waals surface area contributed by atoms with E-state index < -0.39 is 0 Å². The minimum Gasteiger partial charge on any atom is -0.303 e. The molecule has 0 aromatic rings. The van der Waals surface area contributed by atoms with Crippen LogP contribution < -0.4 is 0 Å². The van der Waals surface area contributed by atoms with E-state index >= 15 is 0 Å². The van der Waals surface area contributed by atoms with E-state index in [1.54, 1.807) is 0 Å². The smallest absolute Gasteiger partial charge is 0.00110 e. The lowest BCUT2D eigenvalue weighted by Gasteiger charge is -2.21. The third-order valence-corrected chi connectivity index (χ3v) is 3.35. The summed E-state index contributed by atoms with van der Waals surface area (Å²) in [5.74, 6) is 1.03. The summed E-state index contributed by atoms with van der Waals surface area (Å²) in [4.78, 5) is 2.64. The summed E-state index contributed by atoms with van der Waals surface area (Å²) < 4.78 is 0. The zero-order chi connectivity index (χ0) is 12.1. The second-order valence-electron chi connectivity index (χ2n) is 4.69. The van der Waals surface area contributed by atoms with E-state index in [4.69, 9.17) is 0 Å². The molecule has 0 aromatic carbocycles. The monoisotopic (exact) mass is 245 g/mol. The number of hydrogen-bond acceptors (Lipinski definition) is 2. The summed E-state index contributed by atoms with van der Waals surface area (Å²) in [6.45, 7) is 8.41. The van der Waals surface area contributed by atoms with E-state index in [-0.39, 0.29) is 0 Å². The minimum atomic E-state index is 1.03. The van der Waals surface area contributed by atoms with E-state index in [1.807, 2.05) is 0 Å². The van der Waals surface area contributed by atoms with Crippen molar-refractivity contribution < 1.29 is 0 Å². The van der Waals surface area contributed by atoms with Crippen molar-refractivity contribution in [2.75, 3.05) is 25.4 Å². The second kappa shape index (κ2) is 13.4. The van der Waals surface area contributed by atoms with Crippen molar-refractivity contribution in [3.63, 3.8) is 0 Å². The van der Waals surface area contributed by atoms with E-state index in [2.05, 4.69) is 31.4 Å². The van der Waals surface area contributed by atoms with Gasteiger partial charge in [0.1, 0.15) is 0 Å². The molecule has 2 heteroatoms. The van der Waals surface area contributed by atoms with Crippen molar-refractivity contribution in [3.8, 4) is 0 Å². The number of thiol groups is 1. The molecule has 0 radical (unpaired) electrons.